The van der Waals surface area contributed by atoms with Gasteiger partial charge in [0.15, 0.2) is 13.2 Å². The molecule has 8 nitrogen and oxygen atoms in total. The van der Waals surface area contributed by atoms with Gasteiger partial charge in [0.2, 0.25) is 0 Å². The summed E-state index contributed by atoms with van der Waals surface area (Å²) in [5.74, 6) is -0.644. The number of carbonyl (C=O) groups excluding carboxylic acids is 3. The van der Waals surface area contributed by atoms with Gasteiger partial charge in [-0.1, -0.05) is 0 Å². The van der Waals surface area contributed by atoms with Crippen molar-refractivity contribution in [2.75, 3.05) is 25.6 Å². The van der Waals surface area contributed by atoms with Crippen LogP contribution in [0, 0.1) is 0 Å². The minimum absolute atomic E-state index is 0.334. The lowest BCUT2D eigenvalue weighted by Gasteiger charge is -2.11. The number of nitrogens with two attached hydrogens (primary N) is 1. The Morgan fingerprint density at radius 3 is 2.45 bits per heavy atom. The van der Waals surface area contributed by atoms with Crippen LogP contribution in [0.3, 0.4) is 0 Å². The number of rotatable bonds is 8. The fourth-order valence-electron chi connectivity index (χ4n) is 3.08. The molecule has 1 aliphatic rings. The minimum Gasteiger partial charge on any atom is -0.497 e. The molecule has 1 heterocycles. The summed E-state index contributed by atoms with van der Waals surface area (Å²) in [7, 11) is 1.55. The second-order valence-electron chi connectivity index (χ2n) is 6.45. The summed E-state index contributed by atoms with van der Waals surface area (Å²) in [6.07, 6.45) is 3.68. The molecule has 0 saturated heterocycles. The third kappa shape index (κ3) is 5.26. The molecule has 3 N–H and O–H groups in total. The maximum absolute atomic E-state index is 12.2. The first-order valence-corrected chi connectivity index (χ1v) is 9.96. The number of hydrogen-bond donors (Lipinski definition) is 2. The first kappa shape index (κ1) is 20.7. The Balaban J connectivity index is 1.50. The Kier molecular flexibility index (Phi) is 6.71. The molecule has 3 rings (SSSR count). The van der Waals surface area contributed by atoms with Crippen molar-refractivity contribution in [1.82, 2.24) is 0 Å². The lowest BCUT2D eigenvalue weighted by molar-refractivity contribution is -0.149. The first-order valence-electron chi connectivity index (χ1n) is 9.14. The number of carbonyl (C=O) groups is 3. The Morgan fingerprint density at radius 2 is 1.76 bits per heavy atom. The topological polar surface area (TPSA) is 117 Å². The fraction of sp³-hybridized carbons (Fsp3) is 0.350. The second kappa shape index (κ2) is 9.42. The lowest BCUT2D eigenvalue weighted by atomic mass is 9.95. The second-order valence-corrected chi connectivity index (χ2v) is 7.56. The van der Waals surface area contributed by atoms with Gasteiger partial charge in [-0.25, -0.2) is 4.79 Å². The summed E-state index contributed by atoms with van der Waals surface area (Å²) in [6, 6.07) is 6.71. The molecule has 1 aromatic heterocycles. The average molecular weight is 418 g/mol. The fourth-order valence-corrected chi connectivity index (χ4v) is 4.39. The number of aryl methyl sites for hydroxylation is 1. The van der Waals surface area contributed by atoms with Crippen molar-refractivity contribution in [3.8, 4) is 11.5 Å². The average Bonchev–Trinajstić information content (AvgIpc) is 3.09. The van der Waals surface area contributed by atoms with E-state index < -0.39 is 24.4 Å². The van der Waals surface area contributed by atoms with Crippen molar-refractivity contribution >= 4 is 34.1 Å². The Morgan fingerprint density at radius 1 is 1.07 bits per heavy atom. The van der Waals surface area contributed by atoms with E-state index in [0.29, 0.717) is 22.1 Å². The number of methoxy groups -OCH3 is 1. The molecular formula is C20H22N2O6S. The quantitative estimate of drug-likeness (QED) is 0.635. The van der Waals surface area contributed by atoms with E-state index in [2.05, 4.69) is 5.32 Å². The van der Waals surface area contributed by atoms with Crippen LogP contribution in [0.5, 0.6) is 11.5 Å². The van der Waals surface area contributed by atoms with E-state index in [1.807, 2.05) is 0 Å². The molecule has 0 saturated carbocycles. The van der Waals surface area contributed by atoms with E-state index in [1.54, 1.807) is 31.4 Å². The highest BCUT2D eigenvalue weighted by Gasteiger charge is 2.25. The number of esters is 1. The molecule has 1 aliphatic carbocycles. The third-order valence-corrected chi connectivity index (χ3v) is 5.66. The predicted molar refractivity (Wildman–Crippen MR) is 108 cm³/mol. The molecule has 0 atom stereocenters. The van der Waals surface area contributed by atoms with Gasteiger partial charge in [0.25, 0.3) is 11.8 Å². The van der Waals surface area contributed by atoms with Gasteiger partial charge in [0.05, 0.1) is 12.7 Å². The highest BCUT2D eigenvalue weighted by Crippen LogP contribution is 2.37. The van der Waals surface area contributed by atoms with Gasteiger partial charge < -0.3 is 25.3 Å². The van der Waals surface area contributed by atoms with Crippen LogP contribution in [0.25, 0.3) is 0 Å². The van der Waals surface area contributed by atoms with Crippen LogP contribution >= 0.6 is 11.3 Å². The summed E-state index contributed by atoms with van der Waals surface area (Å²) in [6.45, 7) is -0.814. The van der Waals surface area contributed by atoms with Gasteiger partial charge in [-0.3, -0.25) is 9.59 Å². The van der Waals surface area contributed by atoms with E-state index in [1.165, 1.54) is 11.3 Å². The Hall–Kier alpha value is -3.07. The van der Waals surface area contributed by atoms with Crippen LogP contribution in [0.15, 0.2) is 24.3 Å². The Bertz CT molecular complexity index is 906. The largest absolute Gasteiger partial charge is 0.497 e. The molecule has 0 unspecified atom stereocenters. The lowest BCUT2D eigenvalue weighted by Crippen LogP contribution is -2.24. The van der Waals surface area contributed by atoms with E-state index >= 15 is 0 Å². The zero-order valence-corrected chi connectivity index (χ0v) is 16.8. The van der Waals surface area contributed by atoms with E-state index in [9.17, 15) is 14.4 Å². The van der Waals surface area contributed by atoms with Gasteiger partial charge in [-0.05, 0) is 55.5 Å². The van der Waals surface area contributed by atoms with Crippen molar-refractivity contribution in [3.63, 3.8) is 0 Å². The van der Waals surface area contributed by atoms with Crippen molar-refractivity contribution in [3.05, 3.63) is 40.3 Å². The highest BCUT2D eigenvalue weighted by atomic mass is 32.1. The summed E-state index contributed by atoms with van der Waals surface area (Å²) in [5, 5.41) is 3.05. The number of ether oxygens (including phenoxy) is 3. The molecule has 0 bridgehead atoms. The van der Waals surface area contributed by atoms with Crippen molar-refractivity contribution < 1.29 is 28.6 Å². The zero-order chi connectivity index (χ0) is 20.8. The van der Waals surface area contributed by atoms with Gasteiger partial charge in [0.1, 0.15) is 16.5 Å². The number of fused-ring (bicyclic) bond motifs is 1. The molecule has 29 heavy (non-hydrogen) atoms. The maximum atomic E-state index is 12.2. The van der Waals surface area contributed by atoms with Gasteiger partial charge in [-0.15, -0.1) is 11.3 Å². The molecule has 154 valence electrons. The molecule has 1 aromatic carbocycles. The van der Waals surface area contributed by atoms with Gasteiger partial charge in [0, 0.05) is 4.88 Å². The van der Waals surface area contributed by atoms with Crippen molar-refractivity contribution in [2.24, 2.45) is 5.73 Å². The van der Waals surface area contributed by atoms with Gasteiger partial charge >= 0.3 is 5.97 Å². The number of thiophene rings is 1. The SMILES string of the molecule is COc1ccc(OCC(=O)OCC(=O)Nc2sc3c(c2C(N)=O)CCCC3)cc1. The summed E-state index contributed by atoms with van der Waals surface area (Å²) in [4.78, 5) is 36.9. The number of anilines is 1. The molecule has 0 fully saturated rings. The molecule has 2 amide bonds. The molecule has 0 aliphatic heterocycles. The number of nitrogens with one attached hydrogen (secondary N) is 1. The molecule has 0 spiro atoms. The van der Waals surface area contributed by atoms with E-state index in [-0.39, 0.29) is 6.61 Å². The Labute approximate surface area is 171 Å². The standard InChI is InChI=1S/C20H22N2O6S/c1-26-12-6-8-13(9-7-12)27-11-17(24)28-10-16(23)22-20-18(19(21)25)14-4-2-3-5-15(14)29-20/h6-9H,2-5,10-11H2,1H3,(H2,21,25)(H,22,23). The molecular weight excluding hydrogens is 396 g/mol. The van der Waals surface area contributed by atoms with Crippen LogP contribution in [-0.2, 0) is 27.2 Å². The summed E-state index contributed by atoms with van der Waals surface area (Å²) >= 11 is 1.36. The van der Waals surface area contributed by atoms with Crippen LogP contribution in [-0.4, -0.2) is 38.1 Å². The number of amides is 2. The van der Waals surface area contributed by atoms with Crippen LogP contribution < -0.4 is 20.5 Å². The monoisotopic (exact) mass is 418 g/mol. The smallest absolute Gasteiger partial charge is 0.344 e. The predicted octanol–water partition coefficient (Wildman–Crippen LogP) is 2.30. The first-order chi connectivity index (χ1) is 14.0. The van der Waals surface area contributed by atoms with Crippen molar-refractivity contribution in [1.29, 1.82) is 0 Å². The van der Waals surface area contributed by atoms with Gasteiger partial charge in [-0.2, -0.15) is 0 Å². The molecule has 2 aromatic rings. The number of benzene rings is 1. The minimum atomic E-state index is -0.684. The molecule has 9 heteroatoms. The van der Waals surface area contributed by atoms with E-state index in [4.69, 9.17) is 19.9 Å². The van der Waals surface area contributed by atoms with Crippen LogP contribution in [0.2, 0.25) is 0 Å². The van der Waals surface area contributed by atoms with E-state index in [0.717, 1.165) is 36.1 Å². The summed E-state index contributed by atoms with van der Waals surface area (Å²) in [5.41, 5.74) is 6.79. The number of primary amides is 1. The van der Waals surface area contributed by atoms with Crippen LogP contribution in [0.4, 0.5) is 5.00 Å². The number of hydrogen-bond acceptors (Lipinski definition) is 7. The zero-order valence-electron chi connectivity index (χ0n) is 16.0. The molecule has 0 radical (unpaired) electrons. The maximum Gasteiger partial charge on any atom is 0.344 e. The normalized spacial score (nSPS) is 12.6. The van der Waals surface area contributed by atoms with Crippen molar-refractivity contribution in [2.45, 2.75) is 25.7 Å². The third-order valence-electron chi connectivity index (χ3n) is 4.45. The highest BCUT2D eigenvalue weighted by molar-refractivity contribution is 7.17. The van der Waals surface area contributed by atoms with Crippen LogP contribution in [0.1, 0.15) is 33.6 Å². The summed E-state index contributed by atoms with van der Waals surface area (Å²) < 4.78 is 15.3.